The van der Waals surface area contributed by atoms with E-state index in [1.165, 1.54) is 0 Å². The molecule has 1 aromatic heterocycles. The first-order valence-corrected chi connectivity index (χ1v) is 8.03. The Morgan fingerprint density at radius 2 is 2.00 bits per heavy atom. The van der Waals surface area contributed by atoms with Crippen molar-refractivity contribution >= 4 is 40.1 Å². The van der Waals surface area contributed by atoms with Gasteiger partial charge in [-0.1, -0.05) is 35.3 Å². The number of rotatable bonds is 4. The lowest BCUT2D eigenvalue weighted by atomic mass is 10.2. The van der Waals surface area contributed by atoms with Crippen LogP contribution in [0.15, 0.2) is 42.5 Å². The number of carbonyl (C=O) groups excluding carboxylic acids is 1. The minimum absolute atomic E-state index is 0.271. The monoisotopic (exact) mass is 347 g/mol. The normalized spacial score (nSPS) is 10.9. The molecule has 23 heavy (non-hydrogen) atoms. The smallest absolute Gasteiger partial charge is 0.253 e. The van der Waals surface area contributed by atoms with Crippen molar-refractivity contribution in [3.05, 3.63) is 63.9 Å². The van der Waals surface area contributed by atoms with Crippen LogP contribution in [0.3, 0.4) is 0 Å². The number of hydrogen-bond donors (Lipinski definition) is 1. The maximum atomic E-state index is 12.3. The number of aryl methyl sites for hydroxylation is 1. The molecule has 0 unspecified atom stereocenters. The number of nitrogens with zero attached hydrogens (tertiary/aromatic N) is 2. The second-order valence-electron chi connectivity index (χ2n) is 5.07. The topological polar surface area (TPSA) is 46.9 Å². The number of benzene rings is 2. The number of nitrogens with one attached hydrogen (secondary N) is 1. The fourth-order valence-electron chi connectivity index (χ4n) is 2.54. The van der Waals surface area contributed by atoms with Crippen molar-refractivity contribution in [2.45, 2.75) is 20.0 Å². The molecule has 0 aliphatic heterocycles. The molecule has 0 saturated carbocycles. The number of imidazole rings is 1. The molecule has 4 nitrogen and oxygen atoms in total. The molecule has 3 aromatic rings. The van der Waals surface area contributed by atoms with E-state index in [-0.39, 0.29) is 5.91 Å². The summed E-state index contributed by atoms with van der Waals surface area (Å²) in [5, 5.41) is 3.70. The standard InChI is InChI=1S/C17H15Cl2N3O/c1-2-22-15-6-4-3-5-14(15)21-16(22)10-20-17(23)12-9-11(18)7-8-13(12)19/h3-9H,2,10H2,1H3,(H,20,23). The van der Waals surface area contributed by atoms with E-state index in [0.29, 0.717) is 22.2 Å². The van der Waals surface area contributed by atoms with Crippen LogP contribution in [0.4, 0.5) is 0 Å². The van der Waals surface area contributed by atoms with Gasteiger partial charge in [-0.05, 0) is 37.3 Å². The predicted octanol–water partition coefficient (Wildman–Crippen LogP) is 4.29. The van der Waals surface area contributed by atoms with E-state index in [9.17, 15) is 4.79 Å². The summed E-state index contributed by atoms with van der Waals surface area (Å²) in [6.07, 6.45) is 0. The maximum absolute atomic E-state index is 12.3. The quantitative estimate of drug-likeness (QED) is 0.764. The summed E-state index contributed by atoms with van der Waals surface area (Å²) < 4.78 is 2.08. The predicted molar refractivity (Wildman–Crippen MR) is 93.0 cm³/mol. The molecule has 2 aromatic carbocycles. The minimum atomic E-state index is -0.271. The molecular formula is C17H15Cl2N3O. The van der Waals surface area contributed by atoms with Crippen molar-refractivity contribution in [2.24, 2.45) is 0 Å². The van der Waals surface area contributed by atoms with Gasteiger partial charge in [0.2, 0.25) is 0 Å². The Morgan fingerprint density at radius 3 is 2.78 bits per heavy atom. The van der Waals surface area contributed by atoms with Crippen LogP contribution in [0, 0.1) is 0 Å². The summed E-state index contributed by atoms with van der Waals surface area (Å²) in [6, 6.07) is 12.7. The summed E-state index contributed by atoms with van der Waals surface area (Å²) in [4.78, 5) is 16.9. The molecular weight excluding hydrogens is 333 g/mol. The van der Waals surface area contributed by atoms with Crippen molar-refractivity contribution in [1.29, 1.82) is 0 Å². The zero-order chi connectivity index (χ0) is 16.4. The summed E-state index contributed by atoms with van der Waals surface area (Å²) >= 11 is 12.0. The molecule has 0 fully saturated rings. The Labute approximate surface area is 144 Å². The Kier molecular flexibility index (Phi) is 4.55. The molecule has 0 radical (unpaired) electrons. The van der Waals surface area contributed by atoms with Crippen LogP contribution in [0.1, 0.15) is 23.1 Å². The highest BCUT2D eigenvalue weighted by molar-refractivity contribution is 6.35. The Hall–Kier alpha value is -2.04. The molecule has 1 N–H and O–H groups in total. The Balaban J connectivity index is 1.83. The first-order valence-electron chi connectivity index (χ1n) is 7.27. The van der Waals surface area contributed by atoms with E-state index in [0.717, 1.165) is 23.4 Å². The van der Waals surface area contributed by atoms with Crippen LogP contribution in [0.25, 0.3) is 11.0 Å². The van der Waals surface area contributed by atoms with Gasteiger partial charge in [-0.15, -0.1) is 0 Å². The van der Waals surface area contributed by atoms with Gasteiger partial charge in [0.05, 0.1) is 28.2 Å². The molecule has 0 spiro atoms. The molecule has 0 saturated heterocycles. The van der Waals surface area contributed by atoms with Crippen molar-refractivity contribution < 1.29 is 4.79 Å². The van der Waals surface area contributed by atoms with Crippen molar-refractivity contribution in [2.75, 3.05) is 0 Å². The fraction of sp³-hybridized carbons (Fsp3) is 0.176. The van der Waals surface area contributed by atoms with Crippen LogP contribution < -0.4 is 5.32 Å². The van der Waals surface area contributed by atoms with Crippen molar-refractivity contribution in [3.8, 4) is 0 Å². The first-order chi connectivity index (χ1) is 11.1. The summed E-state index contributed by atoms with van der Waals surface area (Å²) in [5.41, 5.74) is 2.33. The SMILES string of the molecule is CCn1c(CNC(=O)c2cc(Cl)ccc2Cl)nc2ccccc21. The third-order valence-corrected chi connectivity index (χ3v) is 4.19. The lowest BCUT2D eigenvalue weighted by molar-refractivity contribution is 0.0949. The number of amides is 1. The molecule has 3 rings (SSSR count). The van der Waals surface area contributed by atoms with Gasteiger partial charge in [0, 0.05) is 11.6 Å². The number of carbonyl (C=O) groups is 1. The van der Waals surface area contributed by atoms with Crippen LogP contribution >= 0.6 is 23.2 Å². The third-order valence-electron chi connectivity index (χ3n) is 3.63. The summed E-state index contributed by atoms with van der Waals surface area (Å²) in [5.74, 6) is 0.535. The average Bonchev–Trinajstić information content (AvgIpc) is 2.92. The number of aromatic nitrogens is 2. The summed E-state index contributed by atoms with van der Waals surface area (Å²) in [7, 11) is 0. The molecule has 0 aliphatic carbocycles. The van der Waals surface area contributed by atoms with Crippen LogP contribution in [-0.4, -0.2) is 15.5 Å². The zero-order valence-electron chi connectivity index (χ0n) is 12.5. The van der Waals surface area contributed by atoms with Gasteiger partial charge in [-0.2, -0.15) is 0 Å². The molecule has 0 bridgehead atoms. The fourth-order valence-corrected chi connectivity index (χ4v) is 2.91. The van der Waals surface area contributed by atoms with E-state index in [2.05, 4.69) is 14.9 Å². The van der Waals surface area contributed by atoms with Crippen LogP contribution in [0.5, 0.6) is 0 Å². The number of fused-ring (bicyclic) bond motifs is 1. The molecule has 0 aliphatic rings. The molecule has 1 heterocycles. The lowest BCUT2D eigenvalue weighted by Crippen LogP contribution is -2.25. The lowest BCUT2D eigenvalue weighted by Gasteiger charge is -2.09. The van der Waals surface area contributed by atoms with Crippen molar-refractivity contribution in [3.63, 3.8) is 0 Å². The van der Waals surface area contributed by atoms with Gasteiger partial charge in [-0.25, -0.2) is 4.98 Å². The Bertz CT molecular complexity index is 873. The second kappa shape index (κ2) is 6.60. The molecule has 118 valence electrons. The van der Waals surface area contributed by atoms with Gasteiger partial charge in [0.25, 0.3) is 5.91 Å². The maximum Gasteiger partial charge on any atom is 0.253 e. The largest absolute Gasteiger partial charge is 0.345 e. The average molecular weight is 348 g/mol. The van der Waals surface area contributed by atoms with Crippen molar-refractivity contribution in [1.82, 2.24) is 14.9 Å². The number of hydrogen-bond acceptors (Lipinski definition) is 2. The highest BCUT2D eigenvalue weighted by Gasteiger charge is 2.13. The van der Waals surface area contributed by atoms with Gasteiger partial charge in [0.1, 0.15) is 5.82 Å². The highest BCUT2D eigenvalue weighted by atomic mass is 35.5. The zero-order valence-corrected chi connectivity index (χ0v) is 14.0. The number of halogens is 2. The van der Waals surface area contributed by atoms with E-state index in [1.807, 2.05) is 31.2 Å². The van der Waals surface area contributed by atoms with Gasteiger partial charge in [0.15, 0.2) is 0 Å². The summed E-state index contributed by atoms with van der Waals surface area (Å²) in [6.45, 7) is 3.15. The van der Waals surface area contributed by atoms with E-state index >= 15 is 0 Å². The molecule has 1 amide bonds. The Morgan fingerprint density at radius 1 is 1.22 bits per heavy atom. The second-order valence-corrected chi connectivity index (χ2v) is 5.91. The van der Waals surface area contributed by atoms with Crippen LogP contribution in [0.2, 0.25) is 10.0 Å². The van der Waals surface area contributed by atoms with E-state index < -0.39 is 0 Å². The van der Waals surface area contributed by atoms with Gasteiger partial charge in [-0.3, -0.25) is 4.79 Å². The highest BCUT2D eigenvalue weighted by Crippen LogP contribution is 2.21. The first kappa shape index (κ1) is 15.8. The van der Waals surface area contributed by atoms with Crippen LogP contribution in [-0.2, 0) is 13.1 Å². The van der Waals surface area contributed by atoms with E-state index in [4.69, 9.17) is 23.2 Å². The van der Waals surface area contributed by atoms with Gasteiger partial charge >= 0.3 is 0 Å². The number of para-hydroxylation sites is 2. The van der Waals surface area contributed by atoms with E-state index in [1.54, 1.807) is 18.2 Å². The minimum Gasteiger partial charge on any atom is -0.345 e. The van der Waals surface area contributed by atoms with Gasteiger partial charge < -0.3 is 9.88 Å². The molecule has 0 atom stereocenters. The molecule has 6 heteroatoms. The third kappa shape index (κ3) is 3.19.